The van der Waals surface area contributed by atoms with Crippen molar-refractivity contribution in [3.8, 4) is 16.9 Å². The van der Waals surface area contributed by atoms with E-state index in [1.54, 1.807) is 48.3 Å². The van der Waals surface area contributed by atoms with Crippen LogP contribution in [0.1, 0.15) is 6.92 Å². The number of hydrogen-bond acceptors (Lipinski definition) is 7. The number of nitrogens with one attached hydrogen (secondary N) is 1. The average molecular weight is 444 g/mol. The number of aromatic nitrogens is 5. The second kappa shape index (κ2) is 8.44. The highest BCUT2D eigenvalue weighted by atomic mass is 19.1. The Kier molecular flexibility index (Phi) is 5.31. The third-order valence-corrected chi connectivity index (χ3v) is 5.19. The number of aryl methyl sites for hydroxylation is 1. The van der Waals surface area contributed by atoms with E-state index < -0.39 is 11.9 Å². The van der Waals surface area contributed by atoms with Gasteiger partial charge in [-0.25, -0.2) is 14.4 Å². The molecule has 5 aromatic rings. The van der Waals surface area contributed by atoms with Gasteiger partial charge in [0.1, 0.15) is 24.5 Å². The van der Waals surface area contributed by atoms with Crippen molar-refractivity contribution in [2.75, 3.05) is 11.9 Å². The standard InChI is InChI=1S/C24H21FN6O2/c1-14(32)12-33-21-9-15(16-10-29-31(2)11-16)8-20-22(21)24(28-13-27-20)30-19-6-5-18-17(23(19)25)4-3-7-26-18/h3-11,13-14,32H,12H2,1-2H3,(H,27,28,30)/t14-/m1/s1. The van der Waals surface area contributed by atoms with Crippen molar-refractivity contribution in [3.63, 3.8) is 0 Å². The van der Waals surface area contributed by atoms with Crippen LogP contribution in [0, 0.1) is 5.82 Å². The molecule has 0 fully saturated rings. The molecule has 33 heavy (non-hydrogen) atoms. The zero-order chi connectivity index (χ0) is 22.9. The largest absolute Gasteiger partial charge is 0.490 e. The van der Waals surface area contributed by atoms with Crippen molar-refractivity contribution in [3.05, 3.63) is 67.1 Å². The van der Waals surface area contributed by atoms with E-state index in [9.17, 15) is 5.11 Å². The van der Waals surface area contributed by atoms with Gasteiger partial charge in [0.05, 0.1) is 34.4 Å². The molecule has 3 aromatic heterocycles. The molecule has 9 heteroatoms. The second-order valence-corrected chi connectivity index (χ2v) is 7.78. The highest BCUT2D eigenvalue weighted by Gasteiger charge is 2.17. The number of halogens is 1. The molecule has 1 atom stereocenters. The molecule has 0 saturated heterocycles. The van der Waals surface area contributed by atoms with Crippen molar-refractivity contribution in [2.24, 2.45) is 7.05 Å². The lowest BCUT2D eigenvalue weighted by molar-refractivity contribution is 0.123. The highest BCUT2D eigenvalue weighted by Crippen LogP contribution is 2.37. The summed E-state index contributed by atoms with van der Waals surface area (Å²) >= 11 is 0. The lowest BCUT2D eigenvalue weighted by atomic mass is 10.1. The molecule has 0 saturated carbocycles. The van der Waals surface area contributed by atoms with Gasteiger partial charge in [0.25, 0.3) is 0 Å². The molecule has 2 aromatic carbocycles. The predicted molar refractivity (Wildman–Crippen MR) is 124 cm³/mol. The van der Waals surface area contributed by atoms with Gasteiger partial charge in [-0.3, -0.25) is 9.67 Å². The normalized spacial score (nSPS) is 12.2. The van der Waals surface area contributed by atoms with Gasteiger partial charge in [0.2, 0.25) is 0 Å². The van der Waals surface area contributed by atoms with E-state index in [1.165, 1.54) is 6.33 Å². The minimum absolute atomic E-state index is 0.0793. The summed E-state index contributed by atoms with van der Waals surface area (Å²) in [5.74, 6) is 0.435. The third kappa shape index (κ3) is 4.06. The zero-order valence-electron chi connectivity index (χ0n) is 18.0. The van der Waals surface area contributed by atoms with Crippen LogP contribution in [0.2, 0.25) is 0 Å². The topological polar surface area (TPSA) is 98.0 Å². The minimum Gasteiger partial charge on any atom is -0.490 e. The fraction of sp³-hybridized carbons (Fsp3) is 0.167. The van der Waals surface area contributed by atoms with E-state index >= 15 is 4.39 Å². The highest BCUT2D eigenvalue weighted by molar-refractivity contribution is 5.99. The molecular formula is C24H21FN6O2. The molecule has 8 nitrogen and oxygen atoms in total. The summed E-state index contributed by atoms with van der Waals surface area (Å²) in [6.45, 7) is 1.72. The number of rotatable bonds is 6. The summed E-state index contributed by atoms with van der Waals surface area (Å²) in [7, 11) is 1.84. The van der Waals surface area contributed by atoms with Gasteiger partial charge in [-0.2, -0.15) is 5.10 Å². The van der Waals surface area contributed by atoms with Crippen molar-refractivity contribution in [1.29, 1.82) is 0 Å². The summed E-state index contributed by atoms with van der Waals surface area (Å²) in [6.07, 6.45) is 6.00. The summed E-state index contributed by atoms with van der Waals surface area (Å²) in [5.41, 5.74) is 3.17. The van der Waals surface area contributed by atoms with Gasteiger partial charge in [0, 0.05) is 30.4 Å². The monoisotopic (exact) mass is 444 g/mol. The van der Waals surface area contributed by atoms with Gasteiger partial charge >= 0.3 is 0 Å². The molecule has 3 heterocycles. The first kappa shape index (κ1) is 20.8. The van der Waals surface area contributed by atoms with Crippen LogP contribution >= 0.6 is 0 Å². The third-order valence-electron chi connectivity index (χ3n) is 5.19. The van der Waals surface area contributed by atoms with Gasteiger partial charge in [-0.05, 0) is 48.9 Å². The number of ether oxygens (including phenoxy) is 1. The first-order chi connectivity index (χ1) is 16.0. The molecule has 0 aliphatic heterocycles. The summed E-state index contributed by atoms with van der Waals surface area (Å²) < 4.78 is 22.8. The molecule has 166 valence electrons. The molecule has 2 N–H and O–H groups in total. The Bertz CT molecular complexity index is 1470. The maximum absolute atomic E-state index is 15.2. The van der Waals surface area contributed by atoms with Crippen LogP contribution in [0.3, 0.4) is 0 Å². The number of hydrogen-bond donors (Lipinski definition) is 2. The number of aliphatic hydroxyl groups is 1. The Morgan fingerprint density at radius 2 is 2.00 bits per heavy atom. The summed E-state index contributed by atoms with van der Waals surface area (Å²) in [6, 6.07) is 10.5. The molecule has 0 unspecified atom stereocenters. The lowest BCUT2D eigenvalue weighted by Gasteiger charge is -2.16. The first-order valence-electron chi connectivity index (χ1n) is 10.4. The molecule has 0 amide bonds. The van der Waals surface area contributed by atoms with Crippen molar-refractivity contribution in [1.82, 2.24) is 24.7 Å². The van der Waals surface area contributed by atoms with Crippen LogP contribution in [0.15, 0.2) is 61.3 Å². The average Bonchev–Trinajstić information content (AvgIpc) is 3.25. The molecule has 0 spiro atoms. The van der Waals surface area contributed by atoms with E-state index in [4.69, 9.17) is 4.74 Å². The van der Waals surface area contributed by atoms with Crippen LogP contribution in [0.25, 0.3) is 32.9 Å². The smallest absolute Gasteiger partial charge is 0.156 e. The Labute approximate surface area is 188 Å². The van der Waals surface area contributed by atoms with Crippen LogP contribution in [-0.2, 0) is 7.05 Å². The lowest BCUT2D eigenvalue weighted by Crippen LogP contribution is -2.13. The maximum Gasteiger partial charge on any atom is 0.156 e. The molecule has 0 radical (unpaired) electrons. The zero-order valence-corrected chi connectivity index (χ0v) is 18.0. The molecular weight excluding hydrogens is 423 g/mol. The Balaban J connectivity index is 1.64. The molecule has 0 bridgehead atoms. The number of anilines is 2. The van der Waals surface area contributed by atoms with Crippen LogP contribution in [-0.4, -0.2) is 42.5 Å². The van der Waals surface area contributed by atoms with Crippen LogP contribution in [0.4, 0.5) is 15.9 Å². The summed E-state index contributed by atoms with van der Waals surface area (Å²) in [5, 5.41) is 18.1. The van der Waals surface area contributed by atoms with E-state index in [-0.39, 0.29) is 12.3 Å². The number of nitrogens with zero attached hydrogens (tertiary/aromatic N) is 5. The maximum atomic E-state index is 15.2. The van der Waals surface area contributed by atoms with Gasteiger partial charge in [-0.1, -0.05) is 0 Å². The quantitative estimate of drug-likeness (QED) is 0.405. The van der Waals surface area contributed by atoms with Crippen LogP contribution in [0.5, 0.6) is 5.75 Å². The first-order valence-corrected chi connectivity index (χ1v) is 10.4. The Morgan fingerprint density at radius 3 is 2.79 bits per heavy atom. The van der Waals surface area contributed by atoms with Crippen molar-refractivity contribution < 1.29 is 14.2 Å². The molecule has 5 rings (SSSR count). The number of pyridine rings is 1. The number of benzene rings is 2. The van der Waals surface area contributed by atoms with Gasteiger partial charge < -0.3 is 15.2 Å². The second-order valence-electron chi connectivity index (χ2n) is 7.78. The Hall–Kier alpha value is -4.11. The molecule has 0 aliphatic rings. The SMILES string of the molecule is C[C@@H](O)COc1cc(-c2cnn(C)c2)cc2ncnc(Nc3ccc4ncccc4c3F)c12. The predicted octanol–water partition coefficient (Wildman–Crippen LogP) is 4.22. The van der Waals surface area contributed by atoms with Crippen LogP contribution < -0.4 is 10.1 Å². The fourth-order valence-corrected chi connectivity index (χ4v) is 3.65. The van der Waals surface area contributed by atoms with Gasteiger partial charge in [0.15, 0.2) is 5.82 Å². The van der Waals surface area contributed by atoms with E-state index in [1.807, 2.05) is 25.4 Å². The van der Waals surface area contributed by atoms with Crippen molar-refractivity contribution in [2.45, 2.75) is 13.0 Å². The van der Waals surface area contributed by atoms with Crippen molar-refractivity contribution >= 4 is 33.3 Å². The van der Waals surface area contributed by atoms with E-state index in [0.717, 1.165) is 11.1 Å². The summed E-state index contributed by atoms with van der Waals surface area (Å²) in [4.78, 5) is 13.0. The number of fused-ring (bicyclic) bond motifs is 2. The van der Waals surface area contributed by atoms with Gasteiger partial charge in [-0.15, -0.1) is 0 Å². The minimum atomic E-state index is -0.673. The van der Waals surface area contributed by atoms with E-state index in [0.29, 0.717) is 33.4 Å². The number of aliphatic hydroxyl groups excluding tert-OH is 1. The van der Waals surface area contributed by atoms with E-state index in [2.05, 4.69) is 25.4 Å². The fourth-order valence-electron chi connectivity index (χ4n) is 3.65. The Morgan fingerprint density at radius 1 is 1.12 bits per heavy atom. The molecule has 0 aliphatic carbocycles.